The van der Waals surface area contributed by atoms with Crippen LogP contribution in [0, 0.1) is 0 Å². The minimum Gasteiger partial charge on any atom is -0.496 e. The Bertz CT molecular complexity index is 155. The molecule has 0 aromatic rings. The normalized spacial score (nSPS) is 10.9. The zero-order valence-corrected chi connectivity index (χ0v) is 6.67. The molecule has 0 aliphatic carbocycles. The van der Waals surface area contributed by atoms with Crippen molar-refractivity contribution < 1.29 is 9.47 Å². The lowest BCUT2D eigenvalue weighted by molar-refractivity contribution is 0.220. The summed E-state index contributed by atoms with van der Waals surface area (Å²) in [6.07, 6.45) is 1.40. The highest BCUT2D eigenvalue weighted by molar-refractivity contribution is 5.16. The van der Waals surface area contributed by atoms with E-state index in [1.54, 1.807) is 0 Å². The molecule has 0 rings (SSSR count). The lowest BCUT2D eigenvalue weighted by atomic mass is 10.4. The van der Waals surface area contributed by atoms with Crippen LogP contribution >= 0.6 is 0 Å². The minimum atomic E-state index is 0.338. The van der Waals surface area contributed by atoms with Gasteiger partial charge in [-0.25, -0.2) is 0 Å². The van der Waals surface area contributed by atoms with Gasteiger partial charge in [-0.3, -0.25) is 0 Å². The van der Waals surface area contributed by atoms with Crippen molar-refractivity contribution in [1.29, 1.82) is 0 Å². The van der Waals surface area contributed by atoms with Crippen LogP contribution in [-0.2, 0) is 9.47 Å². The Labute approximate surface area is 66.5 Å². The van der Waals surface area contributed by atoms with Crippen LogP contribution in [0.1, 0.15) is 0 Å². The summed E-state index contributed by atoms with van der Waals surface area (Å²) < 4.78 is 9.77. The second-order valence-corrected chi connectivity index (χ2v) is 1.87. The van der Waals surface area contributed by atoms with E-state index >= 15 is 0 Å². The summed E-state index contributed by atoms with van der Waals surface area (Å²) in [4.78, 5) is 0. The molecule has 0 bridgehead atoms. The van der Waals surface area contributed by atoms with Crippen LogP contribution < -0.4 is 11.5 Å². The van der Waals surface area contributed by atoms with Crippen molar-refractivity contribution in [1.82, 2.24) is 0 Å². The molecule has 0 aliphatic rings. The molecule has 4 heteroatoms. The quantitative estimate of drug-likeness (QED) is 0.333. The molecule has 0 aromatic heterocycles. The maximum Gasteiger partial charge on any atom is 0.175 e. The number of ether oxygens (including phenoxy) is 2. The second kappa shape index (κ2) is 5.61. The van der Waals surface area contributed by atoms with E-state index in [9.17, 15) is 0 Å². The first kappa shape index (κ1) is 9.84. The van der Waals surface area contributed by atoms with Gasteiger partial charge in [0.1, 0.15) is 6.26 Å². The molecule has 4 N–H and O–H groups in total. The maximum absolute atomic E-state index is 5.33. The van der Waals surface area contributed by atoms with Crippen molar-refractivity contribution in [2.24, 2.45) is 11.5 Å². The van der Waals surface area contributed by atoms with E-state index < -0.39 is 0 Å². The van der Waals surface area contributed by atoms with Crippen LogP contribution in [0.25, 0.3) is 0 Å². The summed E-state index contributed by atoms with van der Waals surface area (Å²) in [5, 5.41) is 0. The third-order valence-electron chi connectivity index (χ3n) is 0.962. The van der Waals surface area contributed by atoms with Gasteiger partial charge in [-0.2, -0.15) is 0 Å². The number of rotatable bonds is 5. The Kier molecular flexibility index (Phi) is 5.02. The Morgan fingerprint density at radius 3 is 2.64 bits per heavy atom. The molecule has 0 fully saturated rings. The van der Waals surface area contributed by atoms with E-state index in [-0.39, 0.29) is 0 Å². The molecule has 0 unspecified atom stereocenters. The van der Waals surface area contributed by atoms with Crippen LogP contribution in [0.5, 0.6) is 0 Å². The summed E-state index contributed by atoms with van der Waals surface area (Å²) in [5.41, 5.74) is 10.9. The fourth-order valence-electron chi connectivity index (χ4n) is 0.458. The molecule has 0 aromatic carbocycles. The predicted molar refractivity (Wildman–Crippen MR) is 43.4 cm³/mol. The lowest BCUT2D eigenvalue weighted by Crippen LogP contribution is -2.07. The molecule has 0 saturated carbocycles. The van der Waals surface area contributed by atoms with Crippen LogP contribution in [0.4, 0.5) is 0 Å². The molecule has 0 radical (unpaired) electrons. The van der Waals surface area contributed by atoms with E-state index in [4.69, 9.17) is 20.9 Å². The van der Waals surface area contributed by atoms with E-state index in [0.29, 0.717) is 24.6 Å². The Hall–Kier alpha value is -1.16. The molecule has 4 nitrogen and oxygen atoms in total. The molecule has 0 saturated heterocycles. The van der Waals surface area contributed by atoms with Gasteiger partial charge in [0.15, 0.2) is 5.76 Å². The third kappa shape index (κ3) is 4.27. The average molecular weight is 158 g/mol. The van der Waals surface area contributed by atoms with Crippen LogP contribution in [-0.4, -0.2) is 20.3 Å². The maximum atomic E-state index is 5.33. The van der Waals surface area contributed by atoms with Crippen molar-refractivity contribution in [3.63, 3.8) is 0 Å². The van der Waals surface area contributed by atoms with Gasteiger partial charge in [-0.15, -0.1) is 0 Å². The molecular formula is C7H14N2O2. The number of methoxy groups -OCH3 is 1. The highest BCUT2D eigenvalue weighted by atomic mass is 16.5. The van der Waals surface area contributed by atoms with Crippen molar-refractivity contribution in [3.8, 4) is 0 Å². The monoisotopic (exact) mass is 158 g/mol. The van der Waals surface area contributed by atoms with Gasteiger partial charge in [0.05, 0.1) is 19.4 Å². The fourth-order valence-corrected chi connectivity index (χ4v) is 0.458. The number of hydrogen-bond acceptors (Lipinski definition) is 4. The highest BCUT2D eigenvalue weighted by Gasteiger charge is 1.95. The first-order valence-electron chi connectivity index (χ1n) is 3.23. The van der Waals surface area contributed by atoms with Gasteiger partial charge >= 0.3 is 0 Å². The summed E-state index contributed by atoms with van der Waals surface area (Å²) in [5.74, 6) is 0.429. The molecule has 0 spiro atoms. The van der Waals surface area contributed by atoms with Crippen LogP contribution in [0.3, 0.4) is 0 Å². The van der Waals surface area contributed by atoms with E-state index in [2.05, 4.69) is 6.58 Å². The van der Waals surface area contributed by atoms with E-state index in [1.807, 2.05) is 0 Å². The largest absolute Gasteiger partial charge is 0.496 e. The topological polar surface area (TPSA) is 70.5 Å². The van der Waals surface area contributed by atoms with Crippen molar-refractivity contribution in [2.75, 3.05) is 20.3 Å². The molecule has 0 aliphatic heterocycles. The summed E-state index contributed by atoms with van der Waals surface area (Å²) >= 11 is 0. The first-order valence-corrected chi connectivity index (χ1v) is 3.23. The standard InChI is InChI=1S/C7H14N2O2/c1-6(9)7(10-2)5-11-4-3-8/h5H,1,3-4,8-9H2,2H3/b7-5-. The summed E-state index contributed by atoms with van der Waals surface area (Å²) in [6.45, 7) is 4.39. The van der Waals surface area contributed by atoms with Gasteiger partial charge < -0.3 is 20.9 Å². The molecule has 0 heterocycles. The summed E-state index contributed by atoms with van der Waals surface area (Å²) in [6, 6.07) is 0. The van der Waals surface area contributed by atoms with Crippen molar-refractivity contribution in [2.45, 2.75) is 0 Å². The molecular weight excluding hydrogens is 144 g/mol. The number of hydrogen-bond donors (Lipinski definition) is 2. The zero-order valence-electron chi connectivity index (χ0n) is 6.67. The SMILES string of the molecule is C=C(N)/C(=C/OCCN)OC. The van der Waals surface area contributed by atoms with E-state index in [0.717, 1.165) is 0 Å². The number of nitrogens with two attached hydrogens (primary N) is 2. The average Bonchev–Trinajstić information content (AvgIpc) is 1.97. The van der Waals surface area contributed by atoms with E-state index in [1.165, 1.54) is 13.4 Å². The smallest absolute Gasteiger partial charge is 0.175 e. The van der Waals surface area contributed by atoms with Crippen LogP contribution in [0.15, 0.2) is 24.3 Å². The van der Waals surface area contributed by atoms with Gasteiger partial charge in [0.2, 0.25) is 0 Å². The zero-order chi connectivity index (χ0) is 8.69. The van der Waals surface area contributed by atoms with Gasteiger partial charge in [-0.1, -0.05) is 6.58 Å². The summed E-state index contributed by atoms with van der Waals surface area (Å²) in [7, 11) is 1.50. The van der Waals surface area contributed by atoms with Crippen LogP contribution in [0.2, 0.25) is 0 Å². The van der Waals surface area contributed by atoms with Gasteiger partial charge in [0, 0.05) is 6.54 Å². The Morgan fingerprint density at radius 2 is 2.27 bits per heavy atom. The minimum absolute atomic E-state index is 0.338. The second-order valence-electron chi connectivity index (χ2n) is 1.87. The molecule has 0 amide bonds. The Morgan fingerprint density at radius 1 is 1.64 bits per heavy atom. The fraction of sp³-hybridized carbons (Fsp3) is 0.429. The lowest BCUT2D eigenvalue weighted by Gasteiger charge is -2.04. The van der Waals surface area contributed by atoms with Crippen molar-refractivity contribution in [3.05, 3.63) is 24.3 Å². The Balaban J connectivity index is 3.81. The predicted octanol–water partition coefficient (Wildman–Crippen LogP) is -0.0781. The van der Waals surface area contributed by atoms with Crippen molar-refractivity contribution >= 4 is 0 Å². The van der Waals surface area contributed by atoms with Gasteiger partial charge in [0.25, 0.3) is 0 Å². The first-order chi connectivity index (χ1) is 5.22. The third-order valence-corrected chi connectivity index (χ3v) is 0.962. The molecule has 11 heavy (non-hydrogen) atoms. The highest BCUT2D eigenvalue weighted by Crippen LogP contribution is 2.01. The van der Waals surface area contributed by atoms with Gasteiger partial charge in [-0.05, 0) is 0 Å². The molecule has 64 valence electrons. The molecule has 0 atom stereocenters.